The molecule has 168 valence electrons. The van der Waals surface area contributed by atoms with Crippen molar-refractivity contribution in [1.82, 2.24) is 24.7 Å². The zero-order chi connectivity index (χ0) is 23.5. The molecule has 0 saturated heterocycles. The van der Waals surface area contributed by atoms with Gasteiger partial charge in [0.05, 0.1) is 24.2 Å². The Balaban J connectivity index is 1.67. The number of aromatic nitrogens is 5. The van der Waals surface area contributed by atoms with E-state index in [0.717, 1.165) is 11.4 Å². The molecule has 0 spiro atoms. The van der Waals surface area contributed by atoms with Crippen molar-refractivity contribution in [3.05, 3.63) is 71.2 Å². The van der Waals surface area contributed by atoms with Crippen LogP contribution in [0.5, 0.6) is 5.75 Å². The van der Waals surface area contributed by atoms with Crippen molar-refractivity contribution in [1.29, 1.82) is 0 Å². The van der Waals surface area contributed by atoms with Gasteiger partial charge in [-0.15, -0.1) is 10.2 Å². The monoisotopic (exact) mass is 461 g/mol. The van der Waals surface area contributed by atoms with E-state index in [0.29, 0.717) is 39.2 Å². The van der Waals surface area contributed by atoms with E-state index < -0.39 is 0 Å². The number of H-pyrrole nitrogens is 1. The average Bonchev–Trinajstić information content (AvgIpc) is 3.38. The van der Waals surface area contributed by atoms with E-state index in [1.165, 1.54) is 18.7 Å². The van der Waals surface area contributed by atoms with Gasteiger partial charge in [-0.25, -0.2) is 0 Å². The number of hydrogen-bond donors (Lipinski definition) is 1. The fourth-order valence-electron chi connectivity index (χ4n) is 3.75. The highest BCUT2D eigenvalue weighted by Gasteiger charge is 2.22. The lowest BCUT2D eigenvalue weighted by Crippen LogP contribution is -2.07. The van der Waals surface area contributed by atoms with Gasteiger partial charge in [0.2, 0.25) is 0 Å². The van der Waals surface area contributed by atoms with Crippen molar-refractivity contribution >= 4 is 23.3 Å². The number of rotatable bonds is 8. The first-order valence-corrected chi connectivity index (χ1v) is 11.3. The number of hydrogen-bond acceptors (Lipinski definition) is 7. The topological polar surface area (TPSA) is 103 Å². The molecule has 0 atom stereocenters. The molecule has 4 rings (SSSR count). The zero-order valence-electron chi connectivity index (χ0n) is 18.7. The van der Waals surface area contributed by atoms with E-state index in [1.54, 1.807) is 27.2 Å². The maximum atomic E-state index is 13.0. The smallest absolute Gasteiger partial charge is 0.196 e. The number of carbonyl (C=O) groups excluding carboxylic acids is 2. The van der Waals surface area contributed by atoms with E-state index in [2.05, 4.69) is 20.2 Å². The SMILES string of the molecule is COc1ccc(-n2c(SCC(=O)c3[nH]c(C)c(C(C)=O)c3C)nnc2-c2ccccn2)cc1. The third kappa shape index (κ3) is 4.45. The number of thioether (sulfide) groups is 1. The van der Waals surface area contributed by atoms with Gasteiger partial charge >= 0.3 is 0 Å². The van der Waals surface area contributed by atoms with Crippen molar-refractivity contribution in [2.45, 2.75) is 25.9 Å². The number of aryl methyl sites for hydroxylation is 1. The average molecular weight is 462 g/mol. The first-order valence-electron chi connectivity index (χ1n) is 10.3. The molecule has 0 aliphatic heterocycles. The van der Waals surface area contributed by atoms with Crippen LogP contribution in [0.25, 0.3) is 17.2 Å². The Labute approximate surface area is 195 Å². The summed E-state index contributed by atoms with van der Waals surface area (Å²) in [5, 5.41) is 9.25. The summed E-state index contributed by atoms with van der Waals surface area (Å²) in [4.78, 5) is 32.4. The Morgan fingerprint density at radius 2 is 1.85 bits per heavy atom. The number of carbonyl (C=O) groups is 2. The third-order valence-corrected chi connectivity index (χ3v) is 6.19. The normalized spacial score (nSPS) is 10.9. The van der Waals surface area contributed by atoms with E-state index in [1.807, 2.05) is 47.0 Å². The van der Waals surface area contributed by atoms with Crippen LogP contribution in [0.15, 0.2) is 53.8 Å². The summed E-state index contributed by atoms with van der Waals surface area (Å²) in [6.07, 6.45) is 1.70. The van der Waals surface area contributed by atoms with Crippen LogP contribution < -0.4 is 4.74 Å². The van der Waals surface area contributed by atoms with Gasteiger partial charge in [-0.05, 0) is 62.7 Å². The fourth-order valence-corrected chi connectivity index (χ4v) is 4.57. The molecule has 0 aliphatic rings. The van der Waals surface area contributed by atoms with Crippen LogP contribution in [0, 0.1) is 13.8 Å². The van der Waals surface area contributed by atoms with Crippen LogP contribution in [0.3, 0.4) is 0 Å². The Kier molecular flexibility index (Phi) is 6.41. The molecule has 0 aliphatic carbocycles. The van der Waals surface area contributed by atoms with Gasteiger partial charge in [0.25, 0.3) is 0 Å². The second kappa shape index (κ2) is 9.41. The predicted octanol–water partition coefficient (Wildman–Crippen LogP) is 4.46. The highest BCUT2D eigenvalue weighted by atomic mass is 32.2. The van der Waals surface area contributed by atoms with Crippen molar-refractivity contribution in [3.8, 4) is 23.0 Å². The molecule has 0 unspecified atom stereocenters. The first kappa shape index (κ1) is 22.5. The number of ketones is 2. The van der Waals surface area contributed by atoms with Gasteiger partial charge in [0, 0.05) is 17.5 Å². The van der Waals surface area contributed by atoms with Gasteiger partial charge in [0.15, 0.2) is 22.5 Å². The van der Waals surface area contributed by atoms with E-state index in [9.17, 15) is 9.59 Å². The molecular weight excluding hydrogens is 438 g/mol. The summed E-state index contributed by atoms with van der Waals surface area (Å²) in [5.41, 5.74) is 3.89. The molecule has 0 fully saturated rings. The van der Waals surface area contributed by atoms with Gasteiger partial charge in [-0.2, -0.15) is 0 Å². The molecule has 1 aromatic carbocycles. The maximum absolute atomic E-state index is 13.0. The minimum Gasteiger partial charge on any atom is -0.497 e. The number of methoxy groups -OCH3 is 1. The zero-order valence-corrected chi connectivity index (χ0v) is 19.6. The molecule has 0 radical (unpaired) electrons. The highest BCUT2D eigenvalue weighted by Crippen LogP contribution is 2.29. The molecule has 4 aromatic rings. The summed E-state index contributed by atoms with van der Waals surface area (Å²) in [5.74, 6) is 1.26. The molecule has 8 nitrogen and oxygen atoms in total. The summed E-state index contributed by atoms with van der Waals surface area (Å²) in [6, 6.07) is 13.1. The second-order valence-electron chi connectivity index (χ2n) is 7.45. The molecule has 0 amide bonds. The van der Waals surface area contributed by atoms with E-state index in [4.69, 9.17) is 4.74 Å². The number of aromatic amines is 1. The number of Topliss-reactive ketones (excluding diaryl/α,β-unsaturated/α-hetero) is 2. The van der Waals surface area contributed by atoms with E-state index >= 15 is 0 Å². The van der Waals surface area contributed by atoms with Crippen LogP contribution in [0.2, 0.25) is 0 Å². The van der Waals surface area contributed by atoms with Crippen LogP contribution in [0.4, 0.5) is 0 Å². The lowest BCUT2D eigenvalue weighted by Gasteiger charge is -2.10. The molecular formula is C24H23N5O3S. The number of nitrogens with zero attached hydrogens (tertiary/aromatic N) is 4. The summed E-state index contributed by atoms with van der Waals surface area (Å²) in [7, 11) is 1.61. The molecule has 0 saturated carbocycles. The largest absolute Gasteiger partial charge is 0.497 e. The molecule has 9 heteroatoms. The first-order chi connectivity index (χ1) is 15.9. The van der Waals surface area contributed by atoms with Gasteiger partial charge in [-0.3, -0.25) is 19.1 Å². The number of ether oxygens (including phenoxy) is 1. The number of nitrogens with one attached hydrogen (secondary N) is 1. The standard InChI is InChI=1S/C24H23N5O3S/c1-14-21(16(3)30)15(2)26-22(14)20(31)13-33-24-28-27-23(19-7-5-6-12-25-19)29(24)17-8-10-18(32-4)11-9-17/h5-12,26H,13H2,1-4H3. The Hall–Kier alpha value is -3.72. The van der Waals surface area contributed by atoms with Crippen molar-refractivity contribution in [2.75, 3.05) is 12.9 Å². The van der Waals surface area contributed by atoms with Gasteiger partial charge in [0.1, 0.15) is 11.4 Å². The summed E-state index contributed by atoms with van der Waals surface area (Å²) < 4.78 is 7.14. The minimum absolute atomic E-state index is 0.0628. The van der Waals surface area contributed by atoms with Crippen LogP contribution in [-0.2, 0) is 0 Å². The second-order valence-corrected chi connectivity index (χ2v) is 8.39. The minimum atomic E-state index is -0.114. The summed E-state index contributed by atoms with van der Waals surface area (Å²) in [6.45, 7) is 5.09. The Morgan fingerprint density at radius 3 is 2.45 bits per heavy atom. The highest BCUT2D eigenvalue weighted by molar-refractivity contribution is 7.99. The number of benzene rings is 1. The molecule has 33 heavy (non-hydrogen) atoms. The maximum Gasteiger partial charge on any atom is 0.196 e. The molecule has 1 N–H and O–H groups in total. The van der Waals surface area contributed by atoms with E-state index in [-0.39, 0.29) is 17.3 Å². The Bertz CT molecular complexity index is 1310. The molecule has 0 bridgehead atoms. The van der Waals surface area contributed by atoms with Crippen molar-refractivity contribution in [3.63, 3.8) is 0 Å². The molecule has 3 heterocycles. The van der Waals surface area contributed by atoms with Crippen molar-refractivity contribution in [2.24, 2.45) is 0 Å². The molecule has 3 aromatic heterocycles. The van der Waals surface area contributed by atoms with Gasteiger partial charge < -0.3 is 9.72 Å². The summed E-state index contributed by atoms with van der Waals surface area (Å²) >= 11 is 1.28. The Morgan fingerprint density at radius 1 is 1.09 bits per heavy atom. The fraction of sp³-hybridized carbons (Fsp3) is 0.208. The lowest BCUT2D eigenvalue weighted by atomic mass is 10.1. The number of pyridine rings is 1. The van der Waals surface area contributed by atoms with Crippen LogP contribution in [0.1, 0.15) is 39.0 Å². The lowest BCUT2D eigenvalue weighted by molar-refractivity contribution is 0.101. The van der Waals surface area contributed by atoms with Gasteiger partial charge in [-0.1, -0.05) is 17.8 Å². The van der Waals surface area contributed by atoms with Crippen molar-refractivity contribution < 1.29 is 14.3 Å². The predicted molar refractivity (Wildman–Crippen MR) is 126 cm³/mol. The van der Waals surface area contributed by atoms with Crippen LogP contribution in [-0.4, -0.2) is 49.2 Å². The van der Waals surface area contributed by atoms with Crippen LogP contribution >= 0.6 is 11.8 Å². The third-order valence-electron chi connectivity index (χ3n) is 5.26. The quantitative estimate of drug-likeness (QED) is 0.305.